The molecule has 39 heavy (non-hydrogen) atoms. The lowest BCUT2D eigenvalue weighted by Crippen LogP contribution is -2.29. The molecule has 0 saturated carbocycles. The van der Waals surface area contributed by atoms with E-state index in [0.717, 1.165) is 45.8 Å². The van der Waals surface area contributed by atoms with Crippen molar-refractivity contribution in [2.75, 3.05) is 0 Å². The minimum Gasteiger partial charge on any atom is -0.294 e. The molecular formula is C36H25N3. The third-order valence-corrected chi connectivity index (χ3v) is 7.87. The molecule has 3 heterocycles. The van der Waals surface area contributed by atoms with Gasteiger partial charge in [-0.2, -0.15) is 0 Å². The average Bonchev–Trinajstić information content (AvgIpc) is 3.27. The second-order valence-electron chi connectivity index (χ2n) is 10.3. The summed E-state index contributed by atoms with van der Waals surface area (Å²) in [4.78, 5) is 10.3. The lowest BCUT2D eigenvalue weighted by Gasteiger charge is -2.20. The number of rotatable bonds is 3. The van der Waals surface area contributed by atoms with Gasteiger partial charge in [0.15, 0.2) is 0 Å². The highest BCUT2D eigenvalue weighted by atomic mass is 15.1. The van der Waals surface area contributed by atoms with Gasteiger partial charge in [0, 0.05) is 28.7 Å². The molecule has 0 fully saturated rings. The summed E-state index contributed by atoms with van der Waals surface area (Å²) < 4.78 is 2.35. The molecule has 8 rings (SSSR count). The molecule has 4 aromatic carbocycles. The molecule has 0 spiro atoms. The summed E-state index contributed by atoms with van der Waals surface area (Å²) >= 11 is 0. The van der Waals surface area contributed by atoms with E-state index in [4.69, 9.17) is 9.98 Å². The largest absolute Gasteiger partial charge is 0.294 e. The Labute approximate surface area is 226 Å². The van der Waals surface area contributed by atoms with E-state index < -0.39 is 0 Å². The summed E-state index contributed by atoms with van der Waals surface area (Å²) in [6.45, 7) is 0. The minimum absolute atomic E-state index is 0.262. The van der Waals surface area contributed by atoms with Crippen molar-refractivity contribution >= 4 is 34.5 Å². The van der Waals surface area contributed by atoms with E-state index in [0.29, 0.717) is 0 Å². The quantitative estimate of drug-likeness (QED) is 0.253. The van der Waals surface area contributed by atoms with Crippen molar-refractivity contribution in [1.82, 2.24) is 9.55 Å². The Morgan fingerprint density at radius 3 is 2.26 bits per heavy atom. The molecule has 1 aliphatic carbocycles. The summed E-state index contributed by atoms with van der Waals surface area (Å²) in [6, 6.07) is 42.8. The molecule has 1 aliphatic heterocycles. The first-order chi connectivity index (χ1) is 19.3. The third kappa shape index (κ3) is 3.66. The van der Waals surface area contributed by atoms with Crippen LogP contribution in [-0.2, 0) is 0 Å². The molecule has 0 saturated heterocycles. The van der Waals surface area contributed by atoms with Crippen LogP contribution in [0.2, 0.25) is 0 Å². The standard InChI is InChI=1S/C36H25N3/c1-3-11-24(12-4-1)31-23-36(38-33-18-10-8-16-30(31)33)39-34(25-13-5-2-6-14-25)22-27-20-28-19-26(21-35(27)39)29-15-7-9-17-32(29)37-28/h1-18,20-23,26H,19H2/t26-/m1/s1. The van der Waals surface area contributed by atoms with Gasteiger partial charge in [-0.05, 0) is 52.6 Å². The van der Waals surface area contributed by atoms with Crippen LogP contribution in [0.4, 0.5) is 5.69 Å². The van der Waals surface area contributed by atoms with Gasteiger partial charge in [0.05, 0.1) is 22.2 Å². The molecule has 184 valence electrons. The van der Waals surface area contributed by atoms with Gasteiger partial charge < -0.3 is 0 Å². The summed E-state index contributed by atoms with van der Waals surface area (Å²) in [5, 5.41) is 3.50. The van der Waals surface area contributed by atoms with Crippen molar-refractivity contribution < 1.29 is 0 Å². The van der Waals surface area contributed by atoms with Gasteiger partial charge in [-0.3, -0.25) is 9.56 Å². The molecule has 2 bridgehead atoms. The van der Waals surface area contributed by atoms with E-state index >= 15 is 0 Å². The lowest BCUT2D eigenvalue weighted by atomic mass is 9.90. The second kappa shape index (κ2) is 8.78. The van der Waals surface area contributed by atoms with E-state index in [1.807, 2.05) is 0 Å². The van der Waals surface area contributed by atoms with Gasteiger partial charge in [0.2, 0.25) is 0 Å². The van der Waals surface area contributed by atoms with Crippen LogP contribution in [0, 0.1) is 0 Å². The fourth-order valence-electron chi connectivity index (χ4n) is 6.08. The van der Waals surface area contributed by atoms with Crippen molar-refractivity contribution in [1.29, 1.82) is 0 Å². The zero-order valence-electron chi connectivity index (χ0n) is 21.3. The Morgan fingerprint density at radius 2 is 1.41 bits per heavy atom. The Kier molecular flexibility index (Phi) is 4.95. The molecule has 1 atom stereocenters. The number of pyridine rings is 1. The van der Waals surface area contributed by atoms with E-state index in [9.17, 15) is 0 Å². The lowest BCUT2D eigenvalue weighted by molar-refractivity contribution is 0.906. The number of aromatic nitrogens is 2. The normalized spacial score (nSPS) is 15.4. The van der Waals surface area contributed by atoms with E-state index in [-0.39, 0.29) is 5.92 Å². The van der Waals surface area contributed by atoms with Crippen molar-refractivity contribution in [3.05, 3.63) is 137 Å². The van der Waals surface area contributed by atoms with Crippen LogP contribution in [0.5, 0.6) is 0 Å². The molecule has 2 aliphatic rings. The first-order valence-corrected chi connectivity index (χ1v) is 13.4. The van der Waals surface area contributed by atoms with Crippen LogP contribution >= 0.6 is 0 Å². The number of hydrogen-bond donors (Lipinski definition) is 0. The fraction of sp³-hybridized carbons (Fsp3) is 0.0556. The van der Waals surface area contributed by atoms with E-state index in [1.165, 1.54) is 27.3 Å². The van der Waals surface area contributed by atoms with Crippen LogP contribution in [0.1, 0.15) is 17.9 Å². The van der Waals surface area contributed by atoms with Gasteiger partial charge in [0.1, 0.15) is 5.82 Å². The molecule has 0 amide bonds. The van der Waals surface area contributed by atoms with Crippen molar-refractivity contribution in [2.45, 2.75) is 12.3 Å². The maximum Gasteiger partial charge on any atom is 0.138 e. The van der Waals surface area contributed by atoms with E-state index in [1.54, 1.807) is 0 Å². The number of hydrogen-bond acceptors (Lipinski definition) is 2. The maximum atomic E-state index is 5.26. The van der Waals surface area contributed by atoms with Crippen LogP contribution in [0.15, 0.2) is 126 Å². The Hall–Kier alpha value is -5.02. The summed E-state index contributed by atoms with van der Waals surface area (Å²) in [7, 11) is 0. The van der Waals surface area contributed by atoms with E-state index in [2.05, 4.69) is 138 Å². The number of fused-ring (bicyclic) bond motifs is 6. The number of para-hydroxylation sites is 2. The highest BCUT2D eigenvalue weighted by Crippen LogP contribution is 2.37. The fourth-order valence-corrected chi connectivity index (χ4v) is 6.08. The Balaban J connectivity index is 1.47. The number of benzene rings is 4. The van der Waals surface area contributed by atoms with Gasteiger partial charge >= 0.3 is 0 Å². The predicted octanol–water partition coefficient (Wildman–Crippen LogP) is 7.19. The second-order valence-corrected chi connectivity index (χ2v) is 10.3. The molecule has 2 aromatic heterocycles. The summed E-state index contributed by atoms with van der Waals surface area (Å²) in [5.41, 5.74) is 9.14. The Morgan fingerprint density at radius 1 is 0.692 bits per heavy atom. The van der Waals surface area contributed by atoms with Crippen LogP contribution < -0.4 is 10.6 Å². The zero-order valence-corrected chi connectivity index (χ0v) is 21.3. The average molecular weight is 500 g/mol. The molecule has 0 radical (unpaired) electrons. The molecular weight excluding hydrogens is 474 g/mol. The van der Waals surface area contributed by atoms with Crippen molar-refractivity contribution in [2.24, 2.45) is 4.99 Å². The summed E-state index contributed by atoms with van der Waals surface area (Å²) in [6.07, 6.45) is 5.61. The maximum absolute atomic E-state index is 5.26. The number of nitrogens with zero attached hydrogens (tertiary/aromatic N) is 3. The molecule has 0 N–H and O–H groups in total. The first kappa shape index (κ1) is 22.0. The van der Waals surface area contributed by atoms with Gasteiger partial charge in [-0.1, -0.05) is 103 Å². The first-order valence-electron chi connectivity index (χ1n) is 13.4. The van der Waals surface area contributed by atoms with Gasteiger partial charge in [-0.15, -0.1) is 0 Å². The molecule has 3 nitrogen and oxygen atoms in total. The molecule has 3 heteroatoms. The van der Waals surface area contributed by atoms with Gasteiger partial charge in [-0.25, -0.2) is 4.98 Å². The third-order valence-electron chi connectivity index (χ3n) is 7.87. The molecule has 0 unspecified atom stereocenters. The Bertz CT molecular complexity index is 2030. The van der Waals surface area contributed by atoms with Gasteiger partial charge in [0.25, 0.3) is 0 Å². The van der Waals surface area contributed by atoms with Crippen molar-refractivity contribution in [3.63, 3.8) is 0 Å². The van der Waals surface area contributed by atoms with Crippen LogP contribution in [0.3, 0.4) is 0 Å². The smallest absolute Gasteiger partial charge is 0.138 e. The van der Waals surface area contributed by atoms with Crippen LogP contribution in [-0.4, -0.2) is 15.3 Å². The predicted molar refractivity (Wildman–Crippen MR) is 161 cm³/mol. The number of aliphatic imine (C=N–C) groups is 1. The SMILES string of the molecule is C1=c2cc(-c3ccccc3)n(-c3cc(-c4ccccc4)c4ccccc4n3)c2=C[C@H]2CC1=Nc1ccccc12. The summed E-state index contributed by atoms with van der Waals surface area (Å²) in [5.74, 6) is 1.18. The topological polar surface area (TPSA) is 30.2 Å². The zero-order chi connectivity index (χ0) is 25.8. The highest BCUT2D eigenvalue weighted by Gasteiger charge is 2.24. The highest BCUT2D eigenvalue weighted by molar-refractivity contribution is 6.13. The minimum atomic E-state index is 0.262. The molecule has 6 aromatic rings. The monoisotopic (exact) mass is 499 g/mol. The van der Waals surface area contributed by atoms with Crippen LogP contribution in [0.25, 0.3) is 51.3 Å². The van der Waals surface area contributed by atoms with Crippen molar-refractivity contribution in [3.8, 4) is 28.2 Å².